The molecule has 0 aliphatic carbocycles. The minimum Gasteiger partial charge on any atom is -0.449 e. The van der Waals surface area contributed by atoms with Gasteiger partial charge in [0.1, 0.15) is 6.07 Å². The van der Waals surface area contributed by atoms with Crippen molar-refractivity contribution in [2.24, 2.45) is 0 Å². The van der Waals surface area contributed by atoms with Crippen LogP contribution in [-0.4, -0.2) is 32.9 Å². The van der Waals surface area contributed by atoms with Crippen LogP contribution in [0, 0.1) is 11.3 Å². The molecule has 0 unspecified atom stereocenters. The average Bonchev–Trinajstić information content (AvgIpc) is 2.72. The fourth-order valence-electron chi connectivity index (χ4n) is 2.23. The first-order valence-electron chi connectivity index (χ1n) is 8.50. The molecule has 2 rings (SSSR count). The molecular formula is C20H19N3O5S. The van der Waals surface area contributed by atoms with E-state index in [2.05, 4.69) is 16.6 Å². The second-order valence-electron chi connectivity index (χ2n) is 5.86. The Morgan fingerprint density at radius 1 is 1.21 bits per heavy atom. The molecule has 8 nitrogen and oxygen atoms in total. The van der Waals surface area contributed by atoms with Crippen LogP contribution < -0.4 is 10.0 Å². The predicted octanol–water partition coefficient (Wildman–Crippen LogP) is 2.21. The number of nitriles is 1. The Hall–Kier alpha value is -3.48. The lowest BCUT2D eigenvalue weighted by Crippen LogP contribution is -2.30. The smallest absolute Gasteiger partial charge is 0.338 e. The first-order chi connectivity index (χ1) is 13.8. The SMILES string of the molecule is C=CCNS(=O)(=O)c1ccc(C(=O)O[C@@H](C)C(=O)Nc2ccccc2C#N)cc1. The van der Waals surface area contributed by atoms with Gasteiger partial charge in [-0.3, -0.25) is 4.79 Å². The van der Waals surface area contributed by atoms with Gasteiger partial charge in [-0.05, 0) is 43.3 Å². The summed E-state index contributed by atoms with van der Waals surface area (Å²) < 4.78 is 31.5. The van der Waals surface area contributed by atoms with Crippen molar-refractivity contribution in [1.82, 2.24) is 4.72 Å². The summed E-state index contributed by atoms with van der Waals surface area (Å²) in [6.07, 6.45) is 0.275. The van der Waals surface area contributed by atoms with E-state index >= 15 is 0 Å². The fourth-order valence-corrected chi connectivity index (χ4v) is 3.23. The monoisotopic (exact) mass is 413 g/mol. The van der Waals surface area contributed by atoms with Crippen molar-refractivity contribution in [2.75, 3.05) is 11.9 Å². The van der Waals surface area contributed by atoms with Gasteiger partial charge in [-0.25, -0.2) is 17.9 Å². The summed E-state index contributed by atoms with van der Waals surface area (Å²) in [5.41, 5.74) is 0.676. The first kappa shape index (κ1) is 21.8. The summed E-state index contributed by atoms with van der Waals surface area (Å²) in [6.45, 7) is 4.90. The number of amides is 1. The van der Waals surface area contributed by atoms with E-state index in [9.17, 15) is 18.0 Å². The third kappa shape index (κ3) is 5.75. The molecule has 0 heterocycles. The second kappa shape index (κ2) is 9.64. The molecular weight excluding hydrogens is 394 g/mol. The van der Waals surface area contributed by atoms with Gasteiger partial charge in [0.2, 0.25) is 10.0 Å². The first-order valence-corrected chi connectivity index (χ1v) is 9.98. The maximum Gasteiger partial charge on any atom is 0.338 e. The molecule has 0 aliphatic heterocycles. The summed E-state index contributed by atoms with van der Waals surface area (Å²) in [7, 11) is -3.71. The number of carbonyl (C=O) groups excluding carboxylic acids is 2. The molecule has 0 saturated carbocycles. The number of rotatable bonds is 8. The van der Waals surface area contributed by atoms with Crippen LogP contribution in [0.4, 0.5) is 5.69 Å². The highest BCUT2D eigenvalue weighted by molar-refractivity contribution is 7.89. The van der Waals surface area contributed by atoms with Crippen molar-refractivity contribution in [3.63, 3.8) is 0 Å². The third-order valence-electron chi connectivity index (χ3n) is 3.78. The van der Waals surface area contributed by atoms with Crippen LogP contribution in [0.2, 0.25) is 0 Å². The molecule has 2 N–H and O–H groups in total. The summed E-state index contributed by atoms with van der Waals surface area (Å²) >= 11 is 0. The van der Waals surface area contributed by atoms with E-state index < -0.39 is 28.0 Å². The summed E-state index contributed by atoms with van der Waals surface area (Å²) in [6, 6.07) is 13.5. The van der Waals surface area contributed by atoms with E-state index in [0.29, 0.717) is 5.69 Å². The summed E-state index contributed by atoms with van der Waals surface area (Å²) in [5.74, 6) is -1.39. The zero-order chi connectivity index (χ0) is 21.4. The maximum absolute atomic E-state index is 12.2. The van der Waals surface area contributed by atoms with Crippen LogP contribution in [-0.2, 0) is 19.6 Å². The molecule has 0 saturated heterocycles. The number of benzene rings is 2. The molecule has 150 valence electrons. The van der Waals surface area contributed by atoms with E-state index in [1.807, 2.05) is 6.07 Å². The molecule has 0 bridgehead atoms. The highest BCUT2D eigenvalue weighted by atomic mass is 32.2. The quantitative estimate of drug-likeness (QED) is 0.505. The van der Waals surface area contributed by atoms with Crippen LogP contribution in [0.5, 0.6) is 0 Å². The number of anilines is 1. The van der Waals surface area contributed by atoms with E-state index in [4.69, 9.17) is 10.00 Å². The van der Waals surface area contributed by atoms with Gasteiger partial charge in [-0.1, -0.05) is 18.2 Å². The number of nitrogens with one attached hydrogen (secondary N) is 2. The van der Waals surface area contributed by atoms with Gasteiger partial charge in [0.05, 0.1) is 21.7 Å². The lowest BCUT2D eigenvalue weighted by molar-refractivity contribution is -0.123. The molecule has 0 aliphatic rings. The molecule has 29 heavy (non-hydrogen) atoms. The number of nitrogens with zero attached hydrogens (tertiary/aromatic N) is 1. The Balaban J connectivity index is 2.03. The molecule has 9 heteroatoms. The van der Waals surface area contributed by atoms with E-state index in [0.717, 1.165) is 0 Å². The zero-order valence-electron chi connectivity index (χ0n) is 15.6. The lowest BCUT2D eigenvalue weighted by Gasteiger charge is -2.14. The van der Waals surface area contributed by atoms with E-state index in [-0.39, 0.29) is 22.6 Å². The minimum atomic E-state index is -3.71. The van der Waals surface area contributed by atoms with Crippen molar-refractivity contribution in [3.8, 4) is 6.07 Å². The normalized spacial score (nSPS) is 11.7. The van der Waals surface area contributed by atoms with Crippen LogP contribution in [0.1, 0.15) is 22.8 Å². The maximum atomic E-state index is 12.2. The minimum absolute atomic E-state index is 0.0187. The third-order valence-corrected chi connectivity index (χ3v) is 5.22. The topological polar surface area (TPSA) is 125 Å². The Morgan fingerprint density at radius 3 is 2.48 bits per heavy atom. The Labute approximate surface area is 168 Å². The van der Waals surface area contributed by atoms with Gasteiger partial charge >= 0.3 is 5.97 Å². The molecule has 0 radical (unpaired) electrons. The molecule has 2 aromatic carbocycles. The second-order valence-corrected chi connectivity index (χ2v) is 7.63. The summed E-state index contributed by atoms with van der Waals surface area (Å²) in [4.78, 5) is 24.5. The fraction of sp³-hybridized carbons (Fsp3) is 0.150. The average molecular weight is 413 g/mol. The Morgan fingerprint density at radius 2 is 1.86 bits per heavy atom. The van der Waals surface area contributed by atoms with Crippen LogP contribution in [0.3, 0.4) is 0 Å². The molecule has 0 aromatic heterocycles. The van der Waals surface area contributed by atoms with Gasteiger partial charge < -0.3 is 10.1 Å². The Bertz CT molecular complexity index is 1060. The van der Waals surface area contributed by atoms with Gasteiger partial charge in [-0.15, -0.1) is 6.58 Å². The van der Waals surface area contributed by atoms with Crippen molar-refractivity contribution < 1.29 is 22.7 Å². The van der Waals surface area contributed by atoms with E-state index in [1.54, 1.807) is 24.3 Å². The van der Waals surface area contributed by atoms with Gasteiger partial charge in [-0.2, -0.15) is 5.26 Å². The highest BCUT2D eigenvalue weighted by Crippen LogP contribution is 2.15. The van der Waals surface area contributed by atoms with Crippen LogP contribution >= 0.6 is 0 Å². The van der Waals surface area contributed by atoms with Crippen molar-refractivity contribution in [1.29, 1.82) is 5.26 Å². The summed E-state index contributed by atoms with van der Waals surface area (Å²) in [5, 5.41) is 11.6. The number of para-hydroxylation sites is 1. The van der Waals surface area contributed by atoms with Crippen molar-refractivity contribution in [3.05, 3.63) is 72.3 Å². The largest absolute Gasteiger partial charge is 0.449 e. The predicted molar refractivity (Wildman–Crippen MR) is 106 cm³/mol. The van der Waals surface area contributed by atoms with Gasteiger partial charge in [0, 0.05) is 6.54 Å². The van der Waals surface area contributed by atoms with Gasteiger partial charge in [0.25, 0.3) is 5.91 Å². The van der Waals surface area contributed by atoms with Gasteiger partial charge in [0.15, 0.2) is 6.10 Å². The standard InChI is InChI=1S/C20H19N3O5S/c1-3-12-22-29(26,27)17-10-8-15(9-11-17)20(25)28-14(2)19(24)23-18-7-5-4-6-16(18)13-21/h3-11,14,22H,1,12H2,2H3,(H,23,24)/t14-/m0/s1. The highest BCUT2D eigenvalue weighted by Gasteiger charge is 2.21. The van der Waals surface area contributed by atoms with Crippen molar-refractivity contribution in [2.45, 2.75) is 17.9 Å². The lowest BCUT2D eigenvalue weighted by atomic mass is 10.2. The molecule has 0 spiro atoms. The number of hydrogen-bond acceptors (Lipinski definition) is 6. The molecule has 1 atom stereocenters. The van der Waals surface area contributed by atoms with E-state index in [1.165, 1.54) is 37.3 Å². The number of sulfonamides is 1. The van der Waals surface area contributed by atoms with Crippen molar-refractivity contribution >= 4 is 27.6 Å². The number of hydrogen-bond donors (Lipinski definition) is 2. The molecule has 1 amide bonds. The Kier molecular flexibility index (Phi) is 7.25. The zero-order valence-corrected chi connectivity index (χ0v) is 16.4. The number of carbonyl (C=O) groups is 2. The molecule has 0 fully saturated rings. The van der Waals surface area contributed by atoms with Crippen LogP contribution in [0.15, 0.2) is 66.1 Å². The number of ether oxygens (including phenoxy) is 1. The number of esters is 1. The molecule has 2 aromatic rings. The van der Waals surface area contributed by atoms with Crippen LogP contribution in [0.25, 0.3) is 0 Å².